The maximum absolute atomic E-state index is 13.8. The Morgan fingerprint density at radius 1 is 0.943 bits per heavy atom. The van der Waals surface area contributed by atoms with Crippen LogP contribution in [0.25, 0.3) is 11.0 Å². The van der Waals surface area contributed by atoms with Gasteiger partial charge in [0.15, 0.2) is 5.76 Å². The number of amides is 1. The molecule has 0 bridgehead atoms. The van der Waals surface area contributed by atoms with Gasteiger partial charge in [0.05, 0.1) is 12.1 Å². The van der Waals surface area contributed by atoms with E-state index < -0.39 is 29.7 Å². The molecular weight excluding hydrogens is 450 g/mol. The van der Waals surface area contributed by atoms with Gasteiger partial charge in [0.2, 0.25) is 0 Å². The number of para-hydroxylation sites is 1. The lowest BCUT2D eigenvalue weighted by Gasteiger charge is -2.24. The van der Waals surface area contributed by atoms with Crippen molar-refractivity contribution in [1.29, 1.82) is 0 Å². The van der Waals surface area contributed by atoms with Gasteiger partial charge in [0.1, 0.15) is 17.2 Å². The van der Waals surface area contributed by atoms with Gasteiger partial charge < -0.3 is 20.2 Å². The Morgan fingerprint density at radius 2 is 1.69 bits per heavy atom. The van der Waals surface area contributed by atoms with Crippen molar-refractivity contribution in [3.05, 3.63) is 107 Å². The Kier molecular flexibility index (Phi) is 7.90. The first-order valence-electron chi connectivity index (χ1n) is 11.6. The summed E-state index contributed by atoms with van der Waals surface area (Å²) in [5.74, 6) is -1.85. The molecule has 2 atom stereocenters. The molecule has 1 heterocycles. The fraction of sp³-hybridized carbons (Fsp3) is 0.250. The zero-order valence-corrected chi connectivity index (χ0v) is 19.4. The molecular formula is C28H28F2N2O3. The molecule has 0 saturated carbocycles. The van der Waals surface area contributed by atoms with E-state index >= 15 is 0 Å². The molecule has 182 valence electrons. The van der Waals surface area contributed by atoms with Crippen LogP contribution in [-0.2, 0) is 19.4 Å². The van der Waals surface area contributed by atoms with Crippen LogP contribution >= 0.6 is 0 Å². The van der Waals surface area contributed by atoms with Crippen molar-refractivity contribution >= 4 is 16.9 Å². The van der Waals surface area contributed by atoms with Crippen LogP contribution in [0.4, 0.5) is 8.78 Å². The molecule has 0 fully saturated rings. The first-order chi connectivity index (χ1) is 16.9. The van der Waals surface area contributed by atoms with Gasteiger partial charge in [-0.3, -0.25) is 4.79 Å². The van der Waals surface area contributed by atoms with Crippen molar-refractivity contribution in [2.24, 2.45) is 0 Å². The predicted molar refractivity (Wildman–Crippen MR) is 131 cm³/mol. The minimum Gasteiger partial charge on any atom is -0.451 e. The van der Waals surface area contributed by atoms with Crippen LogP contribution in [0.5, 0.6) is 0 Å². The van der Waals surface area contributed by atoms with Crippen molar-refractivity contribution in [2.75, 3.05) is 6.54 Å². The predicted octanol–water partition coefficient (Wildman–Crippen LogP) is 4.77. The highest BCUT2D eigenvalue weighted by Crippen LogP contribution is 2.19. The van der Waals surface area contributed by atoms with Crippen LogP contribution in [0.3, 0.4) is 0 Å². The first kappa shape index (κ1) is 24.6. The van der Waals surface area contributed by atoms with Crippen LogP contribution in [0.15, 0.2) is 77.2 Å². The van der Waals surface area contributed by atoms with E-state index in [1.54, 1.807) is 18.2 Å². The molecule has 3 N–H and O–H groups in total. The number of benzene rings is 3. The van der Waals surface area contributed by atoms with Crippen molar-refractivity contribution in [2.45, 2.75) is 38.5 Å². The largest absolute Gasteiger partial charge is 0.451 e. The number of halogens is 2. The lowest BCUT2D eigenvalue weighted by Crippen LogP contribution is -2.48. The Hall–Kier alpha value is -3.55. The third-order valence-electron chi connectivity index (χ3n) is 5.89. The Bertz CT molecular complexity index is 1250. The zero-order chi connectivity index (χ0) is 24.8. The van der Waals surface area contributed by atoms with E-state index in [1.807, 2.05) is 24.3 Å². The molecule has 35 heavy (non-hydrogen) atoms. The number of fused-ring (bicyclic) bond motifs is 1. The van der Waals surface area contributed by atoms with Gasteiger partial charge in [-0.1, -0.05) is 49.4 Å². The molecule has 5 nitrogen and oxygen atoms in total. The number of rotatable bonds is 10. The van der Waals surface area contributed by atoms with E-state index in [9.17, 15) is 18.7 Å². The third-order valence-corrected chi connectivity index (χ3v) is 5.89. The summed E-state index contributed by atoms with van der Waals surface area (Å²) < 4.78 is 33.2. The number of carbonyl (C=O) groups is 1. The Labute approximate surface area is 202 Å². The number of hydrogen-bond acceptors (Lipinski definition) is 4. The van der Waals surface area contributed by atoms with E-state index in [4.69, 9.17) is 4.42 Å². The molecule has 1 amide bonds. The van der Waals surface area contributed by atoms with Gasteiger partial charge in [0, 0.05) is 24.5 Å². The molecule has 7 heteroatoms. The molecule has 0 aliphatic rings. The first-order valence-corrected chi connectivity index (χ1v) is 11.6. The number of aliphatic hydroxyl groups is 1. The number of hydrogen-bond donors (Lipinski definition) is 3. The Morgan fingerprint density at radius 3 is 2.43 bits per heavy atom. The molecule has 3 aromatic carbocycles. The van der Waals surface area contributed by atoms with Crippen LogP contribution in [-0.4, -0.2) is 29.7 Å². The number of nitrogens with one attached hydrogen (secondary N) is 2. The fourth-order valence-corrected chi connectivity index (χ4v) is 4.07. The quantitative estimate of drug-likeness (QED) is 0.307. The number of furan rings is 1. The summed E-state index contributed by atoms with van der Waals surface area (Å²) in [4.78, 5) is 12.9. The smallest absolute Gasteiger partial charge is 0.287 e. The second kappa shape index (κ2) is 11.3. The third kappa shape index (κ3) is 6.53. The van der Waals surface area contributed by atoms with Gasteiger partial charge >= 0.3 is 0 Å². The lowest BCUT2D eigenvalue weighted by atomic mass is 10.00. The molecule has 0 aliphatic carbocycles. The van der Waals surface area contributed by atoms with E-state index in [1.165, 1.54) is 17.7 Å². The highest BCUT2D eigenvalue weighted by molar-refractivity contribution is 5.96. The van der Waals surface area contributed by atoms with Gasteiger partial charge in [-0.25, -0.2) is 8.78 Å². The van der Waals surface area contributed by atoms with Crippen LogP contribution in [0, 0.1) is 11.6 Å². The number of carbonyl (C=O) groups excluding carboxylic acids is 1. The molecule has 1 aromatic heterocycles. The molecule has 0 spiro atoms. The standard InChI is InChI=1S/C28H28F2N2O3/c1-2-18-6-5-7-19(10-18)16-31-17-25(33)24(13-20-11-22(29)15-23(30)12-20)32-28(34)27-14-21-8-3-4-9-26(21)35-27/h3-12,14-15,24-25,31,33H,2,13,16-17H2,1H3,(H,32,34). The van der Waals surface area contributed by atoms with Crippen LogP contribution < -0.4 is 10.6 Å². The summed E-state index contributed by atoms with van der Waals surface area (Å²) in [5, 5.41) is 17.7. The van der Waals surface area contributed by atoms with Gasteiger partial charge in [-0.05, 0) is 53.8 Å². The lowest BCUT2D eigenvalue weighted by molar-refractivity contribution is 0.0806. The van der Waals surface area contributed by atoms with E-state index in [0.29, 0.717) is 17.7 Å². The maximum atomic E-state index is 13.8. The minimum absolute atomic E-state index is 0.0365. The number of aliphatic hydroxyl groups excluding tert-OH is 1. The summed E-state index contributed by atoms with van der Waals surface area (Å²) in [5.41, 5.74) is 3.19. The summed E-state index contributed by atoms with van der Waals surface area (Å²) in [7, 11) is 0. The summed E-state index contributed by atoms with van der Waals surface area (Å²) >= 11 is 0. The highest BCUT2D eigenvalue weighted by Gasteiger charge is 2.24. The monoisotopic (exact) mass is 478 g/mol. The fourth-order valence-electron chi connectivity index (χ4n) is 4.07. The zero-order valence-electron chi connectivity index (χ0n) is 19.4. The van der Waals surface area contributed by atoms with Crippen LogP contribution in [0.1, 0.15) is 34.2 Å². The van der Waals surface area contributed by atoms with E-state index in [-0.39, 0.29) is 18.7 Å². The van der Waals surface area contributed by atoms with Gasteiger partial charge in [-0.15, -0.1) is 0 Å². The molecule has 0 saturated heterocycles. The normalized spacial score (nSPS) is 13.0. The topological polar surface area (TPSA) is 74.5 Å². The summed E-state index contributed by atoms with van der Waals surface area (Å²) in [6.45, 7) is 2.78. The van der Waals surface area contributed by atoms with E-state index in [2.05, 4.69) is 29.7 Å². The van der Waals surface area contributed by atoms with Crippen molar-refractivity contribution in [3.63, 3.8) is 0 Å². The van der Waals surface area contributed by atoms with E-state index in [0.717, 1.165) is 23.4 Å². The summed E-state index contributed by atoms with van der Waals surface area (Å²) in [6.07, 6.45) is -0.0604. The van der Waals surface area contributed by atoms with Crippen molar-refractivity contribution < 1.29 is 23.1 Å². The summed E-state index contributed by atoms with van der Waals surface area (Å²) in [6, 6.07) is 19.3. The molecule has 0 radical (unpaired) electrons. The molecule has 4 aromatic rings. The van der Waals surface area contributed by atoms with Gasteiger partial charge in [-0.2, -0.15) is 0 Å². The SMILES string of the molecule is CCc1cccc(CNCC(O)C(Cc2cc(F)cc(F)c2)NC(=O)c2cc3ccccc3o2)c1. The second-order valence-corrected chi connectivity index (χ2v) is 8.58. The average molecular weight is 479 g/mol. The maximum Gasteiger partial charge on any atom is 0.287 e. The highest BCUT2D eigenvalue weighted by atomic mass is 19.1. The second-order valence-electron chi connectivity index (χ2n) is 8.58. The van der Waals surface area contributed by atoms with Crippen molar-refractivity contribution in [1.82, 2.24) is 10.6 Å². The molecule has 2 unspecified atom stereocenters. The molecule has 4 rings (SSSR count). The Balaban J connectivity index is 1.47. The van der Waals surface area contributed by atoms with Crippen LogP contribution in [0.2, 0.25) is 0 Å². The van der Waals surface area contributed by atoms with Gasteiger partial charge in [0.25, 0.3) is 5.91 Å². The number of aryl methyl sites for hydroxylation is 1. The molecule has 0 aliphatic heterocycles. The van der Waals surface area contributed by atoms with Crippen molar-refractivity contribution in [3.8, 4) is 0 Å². The minimum atomic E-state index is -1.02. The average Bonchev–Trinajstić information content (AvgIpc) is 3.28.